The Morgan fingerprint density at radius 1 is 1.28 bits per heavy atom. The van der Waals surface area contributed by atoms with Crippen molar-refractivity contribution < 1.29 is 14.4 Å². The van der Waals surface area contributed by atoms with Gasteiger partial charge >= 0.3 is 0 Å². The molecular formula is C19H23N3O3. The molecule has 1 atom stereocenters. The summed E-state index contributed by atoms with van der Waals surface area (Å²) in [7, 11) is 0. The average Bonchev–Trinajstić information content (AvgIpc) is 3.39. The number of hydroxylamine groups is 1. The van der Waals surface area contributed by atoms with Gasteiger partial charge in [0.2, 0.25) is 0 Å². The number of benzene rings is 1. The molecule has 0 spiro atoms. The third kappa shape index (κ3) is 3.45. The molecule has 1 aromatic heterocycles. The molecule has 2 aromatic rings. The van der Waals surface area contributed by atoms with Crippen molar-refractivity contribution in [2.45, 2.75) is 51.2 Å². The molecule has 4 rings (SSSR count). The van der Waals surface area contributed by atoms with Crippen LogP contribution < -0.4 is 5.48 Å². The van der Waals surface area contributed by atoms with Gasteiger partial charge in [0.05, 0.1) is 23.1 Å². The minimum absolute atomic E-state index is 0.254. The Balaban J connectivity index is 1.55. The summed E-state index contributed by atoms with van der Waals surface area (Å²) in [4.78, 5) is 18.1. The molecular weight excluding hydrogens is 318 g/mol. The minimum Gasteiger partial charge on any atom is -0.350 e. The predicted molar refractivity (Wildman–Crippen MR) is 92.4 cm³/mol. The predicted octanol–water partition coefficient (Wildman–Crippen LogP) is 3.25. The SMILES string of the molecule is Cc1ccccc1-n1ncc(C(=O)NOC2CCCCO2)c1C1CC1. The van der Waals surface area contributed by atoms with Gasteiger partial charge in [-0.1, -0.05) is 18.2 Å². The topological polar surface area (TPSA) is 65.4 Å². The van der Waals surface area contributed by atoms with Crippen molar-refractivity contribution >= 4 is 5.91 Å². The van der Waals surface area contributed by atoms with Gasteiger partial charge in [-0.15, -0.1) is 0 Å². The number of nitrogens with zero attached hydrogens (tertiary/aromatic N) is 2. The van der Waals surface area contributed by atoms with Crippen molar-refractivity contribution in [3.05, 3.63) is 47.3 Å². The van der Waals surface area contributed by atoms with Crippen molar-refractivity contribution in [3.8, 4) is 5.69 Å². The Labute approximate surface area is 147 Å². The van der Waals surface area contributed by atoms with Gasteiger partial charge in [0.25, 0.3) is 5.91 Å². The summed E-state index contributed by atoms with van der Waals surface area (Å²) in [6.45, 7) is 2.73. The molecule has 1 aliphatic carbocycles. The van der Waals surface area contributed by atoms with E-state index in [4.69, 9.17) is 9.57 Å². The lowest BCUT2D eigenvalue weighted by Crippen LogP contribution is -2.33. The molecule has 1 unspecified atom stereocenters. The lowest BCUT2D eigenvalue weighted by molar-refractivity contribution is -0.186. The number of carbonyl (C=O) groups excluding carboxylic acids is 1. The normalized spacial score (nSPS) is 20.4. The molecule has 2 heterocycles. The number of aryl methyl sites for hydroxylation is 1. The zero-order valence-corrected chi connectivity index (χ0v) is 14.4. The first-order valence-corrected chi connectivity index (χ1v) is 8.95. The molecule has 2 fully saturated rings. The van der Waals surface area contributed by atoms with Gasteiger partial charge in [-0.3, -0.25) is 4.79 Å². The van der Waals surface area contributed by atoms with Crippen LogP contribution in [0.5, 0.6) is 0 Å². The van der Waals surface area contributed by atoms with Crippen molar-refractivity contribution in [1.82, 2.24) is 15.3 Å². The Hall–Kier alpha value is -2.18. The molecule has 1 aliphatic heterocycles. The largest absolute Gasteiger partial charge is 0.350 e. The number of amides is 1. The molecule has 1 amide bonds. The molecule has 2 aliphatic rings. The fourth-order valence-corrected chi connectivity index (χ4v) is 3.25. The summed E-state index contributed by atoms with van der Waals surface area (Å²) >= 11 is 0. The van der Waals surface area contributed by atoms with E-state index in [0.717, 1.165) is 49.0 Å². The van der Waals surface area contributed by atoms with Crippen LogP contribution in [-0.2, 0) is 9.57 Å². The second-order valence-corrected chi connectivity index (χ2v) is 6.76. The molecule has 0 bridgehead atoms. The van der Waals surface area contributed by atoms with E-state index in [1.54, 1.807) is 6.20 Å². The van der Waals surface area contributed by atoms with Crippen molar-refractivity contribution in [2.75, 3.05) is 6.61 Å². The number of hydrogen-bond acceptors (Lipinski definition) is 4. The lowest BCUT2D eigenvalue weighted by Gasteiger charge is -2.22. The van der Waals surface area contributed by atoms with Gasteiger partial charge in [0, 0.05) is 18.9 Å². The van der Waals surface area contributed by atoms with Crippen LogP contribution in [0.2, 0.25) is 0 Å². The molecule has 0 radical (unpaired) electrons. The van der Waals surface area contributed by atoms with Crippen molar-refractivity contribution in [2.24, 2.45) is 0 Å². The maximum Gasteiger partial charge on any atom is 0.278 e. The second kappa shape index (κ2) is 6.98. The first-order valence-electron chi connectivity index (χ1n) is 8.95. The molecule has 1 aromatic carbocycles. The van der Waals surface area contributed by atoms with Crippen molar-refractivity contribution in [3.63, 3.8) is 0 Å². The average molecular weight is 341 g/mol. The Morgan fingerprint density at radius 3 is 2.84 bits per heavy atom. The molecule has 1 saturated heterocycles. The standard InChI is InChI=1S/C19H23N3O3/c1-13-6-2-3-7-16(13)22-18(14-9-10-14)15(12-20-22)19(23)21-25-17-8-4-5-11-24-17/h2-3,6-7,12,14,17H,4-5,8-11H2,1H3,(H,21,23). The van der Waals surface area contributed by atoms with E-state index in [2.05, 4.69) is 23.6 Å². The molecule has 6 heteroatoms. The van der Waals surface area contributed by atoms with Crippen LogP contribution >= 0.6 is 0 Å². The third-order valence-electron chi connectivity index (χ3n) is 4.78. The quantitative estimate of drug-likeness (QED) is 0.848. The Morgan fingerprint density at radius 2 is 2.12 bits per heavy atom. The van der Waals surface area contributed by atoms with Crippen LogP contribution in [-0.4, -0.2) is 28.6 Å². The molecule has 6 nitrogen and oxygen atoms in total. The number of ether oxygens (including phenoxy) is 1. The van der Waals surface area contributed by atoms with Crippen LogP contribution in [0.3, 0.4) is 0 Å². The minimum atomic E-state index is -0.353. The number of carbonyl (C=O) groups is 1. The van der Waals surface area contributed by atoms with Crippen molar-refractivity contribution in [1.29, 1.82) is 0 Å². The van der Waals surface area contributed by atoms with Gasteiger partial charge in [0.15, 0.2) is 6.29 Å². The Kier molecular flexibility index (Phi) is 4.55. The summed E-state index contributed by atoms with van der Waals surface area (Å²) in [5, 5.41) is 4.49. The smallest absolute Gasteiger partial charge is 0.278 e. The maximum absolute atomic E-state index is 12.6. The van der Waals surface area contributed by atoms with E-state index >= 15 is 0 Å². The zero-order chi connectivity index (χ0) is 17.2. The highest BCUT2D eigenvalue weighted by molar-refractivity contribution is 5.94. The zero-order valence-electron chi connectivity index (χ0n) is 14.4. The van der Waals surface area contributed by atoms with Crippen LogP contribution in [0.25, 0.3) is 5.69 Å². The van der Waals surface area contributed by atoms with E-state index in [1.165, 1.54) is 0 Å². The number of aromatic nitrogens is 2. The number of para-hydroxylation sites is 1. The summed E-state index contributed by atoms with van der Waals surface area (Å²) in [6.07, 6.45) is 6.36. The van der Waals surface area contributed by atoms with Crippen LogP contribution in [0.4, 0.5) is 0 Å². The van der Waals surface area contributed by atoms with Crippen LogP contribution in [0.1, 0.15) is 59.6 Å². The van der Waals surface area contributed by atoms with E-state index < -0.39 is 0 Å². The lowest BCUT2D eigenvalue weighted by atomic mass is 10.1. The monoisotopic (exact) mass is 341 g/mol. The molecule has 25 heavy (non-hydrogen) atoms. The van der Waals surface area contributed by atoms with Gasteiger partial charge in [-0.05, 0) is 44.2 Å². The van der Waals surface area contributed by atoms with Crippen LogP contribution in [0, 0.1) is 6.92 Å². The third-order valence-corrected chi connectivity index (χ3v) is 4.78. The number of hydrogen-bond donors (Lipinski definition) is 1. The first-order chi connectivity index (χ1) is 12.2. The highest BCUT2D eigenvalue weighted by Crippen LogP contribution is 2.42. The summed E-state index contributed by atoms with van der Waals surface area (Å²) in [6, 6.07) is 8.08. The molecule has 1 saturated carbocycles. The van der Waals surface area contributed by atoms with E-state index in [-0.39, 0.29) is 12.2 Å². The fraction of sp³-hybridized carbons (Fsp3) is 0.474. The summed E-state index contributed by atoms with van der Waals surface area (Å²) in [5.74, 6) is 0.129. The van der Waals surface area contributed by atoms with E-state index in [9.17, 15) is 4.79 Å². The second-order valence-electron chi connectivity index (χ2n) is 6.76. The van der Waals surface area contributed by atoms with Gasteiger partial charge in [-0.25, -0.2) is 15.0 Å². The maximum atomic E-state index is 12.6. The summed E-state index contributed by atoms with van der Waals surface area (Å²) < 4.78 is 7.39. The fourth-order valence-electron chi connectivity index (χ4n) is 3.25. The highest BCUT2D eigenvalue weighted by Gasteiger charge is 2.33. The molecule has 1 N–H and O–H groups in total. The van der Waals surface area contributed by atoms with E-state index in [1.807, 2.05) is 22.9 Å². The van der Waals surface area contributed by atoms with Gasteiger partial charge in [-0.2, -0.15) is 5.10 Å². The van der Waals surface area contributed by atoms with Crippen LogP contribution in [0.15, 0.2) is 30.5 Å². The molecule has 132 valence electrons. The number of nitrogens with one attached hydrogen (secondary N) is 1. The highest BCUT2D eigenvalue weighted by atomic mass is 16.8. The van der Waals surface area contributed by atoms with E-state index in [0.29, 0.717) is 18.1 Å². The summed E-state index contributed by atoms with van der Waals surface area (Å²) in [5.41, 5.74) is 6.26. The first kappa shape index (κ1) is 16.3. The number of rotatable bonds is 5. The van der Waals surface area contributed by atoms with Gasteiger partial charge < -0.3 is 4.74 Å². The van der Waals surface area contributed by atoms with Gasteiger partial charge in [0.1, 0.15) is 0 Å². The Bertz CT molecular complexity index is 761.